The number of rotatable bonds is 3. The van der Waals surface area contributed by atoms with Crippen molar-refractivity contribution < 1.29 is 4.74 Å². The van der Waals surface area contributed by atoms with Crippen molar-refractivity contribution in [2.45, 2.75) is 52.6 Å². The Morgan fingerprint density at radius 1 is 1.26 bits per heavy atom. The summed E-state index contributed by atoms with van der Waals surface area (Å²) in [4.78, 5) is 0. The minimum Gasteiger partial charge on any atom is -0.490 e. The predicted molar refractivity (Wildman–Crippen MR) is 79.1 cm³/mol. The summed E-state index contributed by atoms with van der Waals surface area (Å²) in [5, 5.41) is 0. The molecule has 0 saturated heterocycles. The second kappa shape index (κ2) is 4.26. The van der Waals surface area contributed by atoms with Crippen LogP contribution in [0.4, 0.5) is 0 Å². The van der Waals surface area contributed by atoms with Gasteiger partial charge >= 0.3 is 0 Å². The minimum atomic E-state index is 0.325. The van der Waals surface area contributed by atoms with Crippen LogP contribution in [0.15, 0.2) is 24.3 Å². The molecule has 3 atom stereocenters. The third-order valence-corrected chi connectivity index (χ3v) is 6.23. The third-order valence-electron chi connectivity index (χ3n) is 6.23. The van der Waals surface area contributed by atoms with E-state index in [0.29, 0.717) is 16.9 Å². The van der Waals surface area contributed by atoms with Gasteiger partial charge in [0.1, 0.15) is 11.9 Å². The van der Waals surface area contributed by atoms with Gasteiger partial charge in [-0.05, 0) is 55.6 Å². The molecule has 0 aliphatic heterocycles. The van der Waals surface area contributed by atoms with Crippen molar-refractivity contribution in [3.8, 4) is 5.75 Å². The van der Waals surface area contributed by atoms with E-state index in [4.69, 9.17) is 4.74 Å². The Kier molecular flexibility index (Phi) is 2.92. The smallest absolute Gasteiger partial charge is 0.122 e. The van der Waals surface area contributed by atoms with Crippen molar-refractivity contribution in [1.82, 2.24) is 0 Å². The Balaban J connectivity index is 1.86. The molecule has 0 heterocycles. The molecule has 1 radical (unpaired) electrons. The summed E-state index contributed by atoms with van der Waals surface area (Å²) < 4.78 is 6.43. The first-order valence-electron chi connectivity index (χ1n) is 7.53. The van der Waals surface area contributed by atoms with E-state index in [1.54, 1.807) is 0 Å². The summed E-state index contributed by atoms with van der Waals surface area (Å²) in [7, 11) is 0. The van der Waals surface area contributed by atoms with Crippen LogP contribution in [0, 0.1) is 23.7 Å². The van der Waals surface area contributed by atoms with Gasteiger partial charge in [0.25, 0.3) is 0 Å². The summed E-state index contributed by atoms with van der Waals surface area (Å²) >= 11 is 0. The number of fused-ring (bicyclic) bond motifs is 2. The van der Waals surface area contributed by atoms with Crippen LogP contribution < -0.4 is 4.74 Å². The number of ether oxygens (including phenoxy) is 1. The van der Waals surface area contributed by atoms with Crippen molar-refractivity contribution in [3.63, 3.8) is 0 Å². The molecule has 19 heavy (non-hydrogen) atoms. The average Bonchev–Trinajstić information content (AvgIpc) is 2.72. The fraction of sp³-hybridized carbons (Fsp3) is 0.611. The molecule has 3 unspecified atom stereocenters. The monoisotopic (exact) mass is 257 g/mol. The first kappa shape index (κ1) is 13.0. The summed E-state index contributed by atoms with van der Waals surface area (Å²) in [6, 6.07) is 8.36. The van der Waals surface area contributed by atoms with Crippen molar-refractivity contribution in [1.29, 1.82) is 0 Å². The molecule has 0 aromatic heterocycles. The molecular formula is C18H25O. The lowest BCUT2D eigenvalue weighted by atomic mass is 9.70. The molecule has 1 nitrogen and oxygen atoms in total. The van der Waals surface area contributed by atoms with Crippen molar-refractivity contribution in [2.24, 2.45) is 16.7 Å². The molecule has 1 aromatic rings. The molecule has 103 valence electrons. The molecule has 2 bridgehead atoms. The summed E-state index contributed by atoms with van der Waals surface area (Å²) in [5.74, 6) is 1.88. The normalized spacial score (nSPS) is 35.6. The van der Waals surface area contributed by atoms with E-state index < -0.39 is 0 Å². The molecule has 0 spiro atoms. The van der Waals surface area contributed by atoms with Gasteiger partial charge in [-0.3, -0.25) is 0 Å². The van der Waals surface area contributed by atoms with Crippen molar-refractivity contribution in [3.05, 3.63) is 36.8 Å². The first-order chi connectivity index (χ1) is 8.99. The SMILES string of the molecule is [CH2]Cc1ccccc1OC1CC2CCC1(C)C2(C)C. The quantitative estimate of drug-likeness (QED) is 0.765. The van der Waals surface area contributed by atoms with E-state index in [-0.39, 0.29) is 0 Å². The van der Waals surface area contributed by atoms with Crippen LogP contribution in [-0.2, 0) is 6.42 Å². The van der Waals surface area contributed by atoms with Gasteiger partial charge < -0.3 is 4.74 Å². The Hall–Kier alpha value is -0.980. The highest BCUT2D eigenvalue weighted by Crippen LogP contribution is 2.66. The zero-order valence-electron chi connectivity index (χ0n) is 12.4. The zero-order chi connectivity index (χ0) is 13.7. The molecule has 1 aromatic carbocycles. The van der Waals surface area contributed by atoms with Crippen LogP contribution in [-0.4, -0.2) is 6.10 Å². The maximum atomic E-state index is 6.43. The van der Waals surface area contributed by atoms with E-state index in [1.807, 2.05) is 0 Å². The fourth-order valence-electron chi connectivity index (χ4n) is 4.29. The van der Waals surface area contributed by atoms with Gasteiger partial charge in [-0.25, -0.2) is 0 Å². The van der Waals surface area contributed by atoms with Gasteiger partial charge in [0.15, 0.2) is 0 Å². The second-order valence-corrected chi connectivity index (χ2v) is 7.07. The van der Waals surface area contributed by atoms with Crippen LogP contribution in [0.2, 0.25) is 0 Å². The third kappa shape index (κ3) is 1.74. The van der Waals surface area contributed by atoms with Crippen LogP contribution in [0.25, 0.3) is 0 Å². The number of para-hydroxylation sites is 1. The van der Waals surface area contributed by atoms with Crippen LogP contribution in [0.5, 0.6) is 5.75 Å². The zero-order valence-corrected chi connectivity index (χ0v) is 12.4. The van der Waals surface area contributed by atoms with Crippen molar-refractivity contribution >= 4 is 0 Å². The molecule has 2 aliphatic rings. The summed E-state index contributed by atoms with van der Waals surface area (Å²) in [6.07, 6.45) is 5.07. The van der Waals surface area contributed by atoms with E-state index >= 15 is 0 Å². The van der Waals surface area contributed by atoms with Gasteiger partial charge in [0.2, 0.25) is 0 Å². The highest BCUT2D eigenvalue weighted by atomic mass is 16.5. The van der Waals surface area contributed by atoms with E-state index in [2.05, 4.69) is 52.0 Å². The lowest BCUT2D eigenvalue weighted by Gasteiger charge is -2.39. The molecule has 2 fully saturated rings. The molecule has 3 rings (SSSR count). The van der Waals surface area contributed by atoms with Gasteiger partial charge in [0.05, 0.1) is 0 Å². The second-order valence-electron chi connectivity index (χ2n) is 7.07. The lowest BCUT2D eigenvalue weighted by Crippen LogP contribution is -2.39. The van der Waals surface area contributed by atoms with Gasteiger partial charge in [-0.2, -0.15) is 0 Å². The number of hydrogen-bond acceptors (Lipinski definition) is 1. The largest absolute Gasteiger partial charge is 0.490 e. The maximum Gasteiger partial charge on any atom is 0.122 e. The summed E-state index contributed by atoms with van der Waals surface area (Å²) in [6.45, 7) is 11.3. The first-order valence-corrected chi connectivity index (χ1v) is 7.53. The Bertz CT molecular complexity index is 476. The molecule has 0 amide bonds. The van der Waals surface area contributed by atoms with Gasteiger partial charge in [-0.1, -0.05) is 39.0 Å². The number of benzene rings is 1. The Morgan fingerprint density at radius 2 is 2.00 bits per heavy atom. The molecule has 1 heteroatoms. The molecule has 2 saturated carbocycles. The Labute approximate surface area is 117 Å². The Morgan fingerprint density at radius 3 is 2.58 bits per heavy atom. The molecule has 0 N–H and O–H groups in total. The predicted octanol–water partition coefficient (Wildman–Crippen LogP) is 4.66. The van der Waals surface area contributed by atoms with Crippen LogP contribution >= 0.6 is 0 Å². The van der Waals surface area contributed by atoms with E-state index in [9.17, 15) is 0 Å². The average molecular weight is 257 g/mol. The van der Waals surface area contributed by atoms with Gasteiger partial charge in [-0.15, -0.1) is 0 Å². The van der Waals surface area contributed by atoms with E-state index in [1.165, 1.54) is 24.8 Å². The molecular weight excluding hydrogens is 232 g/mol. The topological polar surface area (TPSA) is 9.23 Å². The fourth-order valence-corrected chi connectivity index (χ4v) is 4.29. The van der Waals surface area contributed by atoms with E-state index in [0.717, 1.165) is 18.1 Å². The van der Waals surface area contributed by atoms with Gasteiger partial charge in [0, 0.05) is 5.41 Å². The number of hydrogen-bond donors (Lipinski definition) is 0. The highest BCUT2D eigenvalue weighted by Gasteiger charge is 2.62. The lowest BCUT2D eigenvalue weighted by molar-refractivity contribution is 0.0296. The van der Waals surface area contributed by atoms with Crippen LogP contribution in [0.1, 0.15) is 45.6 Å². The summed E-state index contributed by atoms with van der Waals surface area (Å²) in [5.41, 5.74) is 1.97. The highest BCUT2D eigenvalue weighted by molar-refractivity contribution is 5.34. The molecule has 2 aliphatic carbocycles. The maximum absolute atomic E-state index is 6.43. The standard InChI is InChI=1S/C18H25O/c1-5-13-8-6-7-9-15(13)19-16-12-14-10-11-18(16,4)17(14,2)3/h6-9,14,16H,1,5,10-12H2,2-4H3. The minimum absolute atomic E-state index is 0.325. The van der Waals surface area contributed by atoms with Crippen molar-refractivity contribution in [2.75, 3.05) is 0 Å². The van der Waals surface area contributed by atoms with Crippen LogP contribution in [0.3, 0.4) is 0 Å².